The van der Waals surface area contributed by atoms with Crippen LogP contribution in [0.4, 0.5) is 0 Å². The van der Waals surface area contributed by atoms with Crippen LogP contribution >= 0.6 is 0 Å². The van der Waals surface area contributed by atoms with Crippen molar-refractivity contribution in [2.24, 2.45) is 5.92 Å². The van der Waals surface area contributed by atoms with Gasteiger partial charge >= 0.3 is 5.97 Å². The van der Waals surface area contributed by atoms with Crippen LogP contribution in [-0.2, 0) is 28.9 Å². The van der Waals surface area contributed by atoms with Gasteiger partial charge in [0, 0.05) is 25.1 Å². The molecule has 1 N–H and O–H groups in total. The van der Waals surface area contributed by atoms with Gasteiger partial charge in [-0.15, -0.1) is 0 Å². The minimum atomic E-state index is -0.819. The maximum Gasteiger partial charge on any atom is 0.308 e. The van der Waals surface area contributed by atoms with E-state index >= 15 is 0 Å². The third-order valence-electron chi connectivity index (χ3n) is 4.06. The van der Waals surface area contributed by atoms with Crippen molar-refractivity contribution in [3.63, 3.8) is 0 Å². The zero-order valence-corrected chi connectivity index (χ0v) is 12.6. The highest BCUT2D eigenvalue weighted by molar-refractivity contribution is 5.80. The third kappa shape index (κ3) is 3.43. The standard InChI is InChI=1S/C15H22N2O4/c1-3-12-11(13(4-2)21-16-12)8-14(18)17-7-5-6-10(9-17)15(19)20/h10H,3-9H2,1-2H3,(H,19,20)/t10-/m1/s1. The number of carbonyl (C=O) groups is 2. The van der Waals surface area contributed by atoms with Crippen LogP contribution in [0.15, 0.2) is 4.52 Å². The predicted molar refractivity (Wildman–Crippen MR) is 75.9 cm³/mol. The number of aromatic nitrogens is 1. The summed E-state index contributed by atoms with van der Waals surface area (Å²) >= 11 is 0. The topological polar surface area (TPSA) is 83.6 Å². The number of carboxylic acid groups (broad SMARTS) is 1. The van der Waals surface area contributed by atoms with E-state index in [1.165, 1.54) is 0 Å². The molecule has 116 valence electrons. The van der Waals surface area contributed by atoms with Gasteiger partial charge in [0.05, 0.1) is 18.0 Å². The van der Waals surface area contributed by atoms with Gasteiger partial charge in [-0.05, 0) is 19.3 Å². The maximum absolute atomic E-state index is 12.4. The second-order valence-corrected chi connectivity index (χ2v) is 5.43. The number of nitrogens with zero attached hydrogens (tertiary/aromatic N) is 2. The molecule has 1 atom stereocenters. The molecule has 6 heteroatoms. The Bertz CT molecular complexity index is 502. The molecule has 1 aliphatic rings. The Kier molecular flexibility index (Phi) is 4.98. The smallest absolute Gasteiger partial charge is 0.308 e. The summed E-state index contributed by atoms with van der Waals surface area (Å²) in [6, 6.07) is 0. The highest BCUT2D eigenvalue weighted by Gasteiger charge is 2.29. The molecule has 1 saturated heterocycles. The number of hydrogen-bond acceptors (Lipinski definition) is 4. The van der Waals surface area contributed by atoms with Gasteiger partial charge in [0.25, 0.3) is 0 Å². The minimum absolute atomic E-state index is 0.0337. The van der Waals surface area contributed by atoms with Gasteiger partial charge in [0.15, 0.2) is 0 Å². The second-order valence-electron chi connectivity index (χ2n) is 5.43. The maximum atomic E-state index is 12.4. The molecule has 0 aliphatic carbocycles. The van der Waals surface area contributed by atoms with Crippen molar-refractivity contribution < 1.29 is 19.2 Å². The molecule has 0 radical (unpaired) electrons. The fourth-order valence-corrected chi connectivity index (χ4v) is 2.81. The summed E-state index contributed by atoms with van der Waals surface area (Å²) in [5.74, 6) is -0.539. The number of amides is 1. The Morgan fingerprint density at radius 2 is 2.14 bits per heavy atom. The summed E-state index contributed by atoms with van der Waals surface area (Å²) < 4.78 is 5.27. The molecular weight excluding hydrogens is 272 g/mol. The van der Waals surface area contributed by atoms with Crippen molar-refractivity contribution in [1.82, 2.24) is 10.1 Å². The van der Waals surface area contributed by atoms with E-state index in [2.05, 4.69) is 5.16 Å². The first-order chi connectivity index (χ1) is 10.1. The van der Waals surface area contributed by atoms with Crippen molar-refractivity contribution in [1.29, 1.82) is 0 Å². The number of carbonyl (C=O) groups excluding carboxylic acids is 1. The van der Waals surface area contributed by atoms with E-state index < -0.39 is 11.9 Å². The quantitative estimate of drug-likeness (QED) is 0.893. The average molecular weight is 294 g/mol. The van der Waals surface area contributed by atoms with E-state index in [0.29, 0.717) is 25.9 Å². The van der Waals surface area contributed by atoms with Crippen LogP contribution < -0.4 is 0 Å². The molecule has 1 amide bonds. The Morgan fingerprint density at radius 3 is 2.76 bits per heavy atom. The predicted octanol–water partition coefficient (Wildman–Crippen LogP) is 1.67. The van der Waals surface area contributed by atoms with Gasteiger partial charge in [-0.1, -0.05) is 19.0 Å². The molecule has 0 unspecified atom stereocenters. The van der Waals surface area contributed by atoms with Crippen LogP contribution in [0.1, 0.15) is 43.7 Å². The van der Waals surface area contributed by atoms with Crippen molar-refractivity contribution in [3.8, 4) is 0 Å². The van der Waals surface area contributed by atoms with E-state index in [9.17, 15) is 9.59 Å². The molecule has 1 aromatic rings. The summed E-state index contributed by atoms with van der Waals surface area (Å²) in [6.45, 7) is 4.89. The normalized spacial score (nSPS) is 18.8. The molecule has 0 spiro atoms. The summed E-state index contributed by atoms with van der Waals surface area (Å²) in [7, 11) is 0. The van der Waals surface area contributed by atoms with E-state index in [-0.39, 0.29) is 12.3 Å². The molecule has 0 aromatic carbocycles. The highest BCUT2D eigenvalue weighted by atomic mass is 16.5. The second kappa shape index (κ2) is 6.74. The number of piperidine rings is 1. The van der Waals surface area contributed by atoms with Crippen LogP contribution in [0.5, 0.6) is 0 Å². The number of hydrogen-bond donors (Lipinski definition) is 1. The zero-order chi connectivity index (χ0) is 15.4. The van der Waals surface area contributed by atoms with E-state index in [4.69, 9.17) is 9.63 Å². The summed E-state index contributed by atoms with van der Waals surface area (Å²) in [5.41, 5.74) is 1.70. The first-order valence-corrected chi connectivity index (χ1v) is 7.53. The van der Waals surface area contributed by atoms with Gasteiger partial charge in [-0.3, -0.25) is 9.59 Å². The van der Waals surface area contributed by atoms with Crippen molar-refractivity contribution in [2.75, 3.05) is 13.1 Å². The fourth-order valence-electron chi connectivity index (χ4n) is 2.81. The van der Waals surface area contributed by atoms with Gasteiger partial charge < -0.3 is 14.5 Å². The van der Waals surface area contributed by atoms with Crippen molar-refractivity contribution in [3.05, 3.63) is 17.0 Å². The molecular formula is C15H22N2O4. The molecule has 0 saturated carbocycles. The lowest BCUT2D eigenvalue weighted by Crippen LogP contribution is -2.43. The lowest BCUT2D eigenvalue weighted by atomic mass is 9.97. The number of aliphatic carboxylic acids is 1. The Balaban J connectivity index is 2.07. The first kappa shape index (κ1) is 15.5. The van der Waals surface area contributed by atoms with Crippen LogP contribution in [0.3, 0.4) is 0 Å². The lowest BCUT2D eigenvalue weighted by Gasteiger charge is -2.30. The van der Waals surface area contributed by atoms with Gasteiger partial charge in [0.2, 0.25) is 5.91 Å². The zero-order valence-electron chi connectivity index (χ0n) is 12.6. The molecule has 0 bridgehead atoms. The summed E-state index contributed by atoms with van der Waals surface area (Å²) in [4.78, 5) is 25.2. The largest absolute Gasteiger partial charge is 0.481 e. The Labute approximate surface area is 124 Å². The van der Waals surface area contributed by atoms with Gasteiger partial charge in [-0.25, -0.2) is 0 Å². The molecule has 6 nitrogen and oxygen atoms in total. The summed E-state index contributed by atoms with van der Waals surface area (Å²) in [6.07, 6.45) is 3.07. The van der Waals surface area contributed by atoms with Gasteiger partial charge in [-0.2, -0.15) is 0 Å². The highest BCUT2D eigenvalue weighted by Crippen LogP contribution is 2.21. The van der Waals surface area contributed by atoms with Gasteiger partial charge in [0.1, 0.15) is 5.76 Å². The molecule has 1 aliphatic heterocycles. The molecule has 2 heterocycles. The number of rotatable bonds is 5. The number of carboxylic acids is 1. The fraction of sp³-hybridized carbons (Fsp3) is 0.667. The Hall–Kier alpha value is -1.85. The van der Waals surface area contributed by atoms with E-state index in [0.717, 1.165) is 29.9 Å². The van der Waals surface area contributed by atoms with Crippen LogP contribution in [-0.4, -0.2) is 40.1 Å². The average Bonchev–Trinajstić information content (AvgIpc) is 2.89. The van der Waals surface area contributed by atoms with E-state index in [1.54, 1.807) is 4.90 Å². The van der Waals surface area contributed by atoms with Crippen molar-refractivity contribution >= 4 is 11.9 Å². The first-order valence-electron chi connectivity index (χ1n) is 7.53. The molecule has 2 rings (SSSR count). The number of likely N-dealkylation sites (tertiary alicyclic amines) is 1. The van der Waals surface area contributed by atoms with Crippen LogP contribution in [0, 0.1) is 5.92 Å². The Morgan fingerprint density at radius 1 is 1.38 bits per heavy atom. The van der Waals surface area contributed by atoms with Crippen molar-refractivity contribution in [2.45, 2.75) is 46.0 Å². The van der Waals surface area contributed by atoms with E-state index in [1.807, 2.05) is 13.8 Å². The SMILES string of the molecule is CCc1noc(CC)c1CC(=O)N1CCC[C@@H](C(=O)O)C1. The van der Waals surface area contributed by atoms with Crippen LogP contribution in [0.2, 0.25) is 0 Å². The van der Waals surface area contributed by atoms with Crippen LogP contribution in [0.25, 0.3) is 0 Å². The molecule has 1 fully saturated rings. The number of aryl methyl sites for hydroxylation is 2. The lowest BCUT2D eigenvalue weighted by molar-refractivity contribution is -0.145. The monoisotopic (exact) mass is 294 g/mol. The third-order valence-corrected chi connectivity index (χ3v) is 4.06. The summed E-state index contributed by atoms with van der Waals surface area (Å²) in [5, 5.41) is 13.1. The minimum Gasteiger partial charge on any atom is -0.481 e. The molecule has 1 aromatic heterocycles. The molecule has 21 heavy (non-hydrogen) atoms.